The summed E-state index contributed by atoms with van der Waals surface area (Å²) in [5.41, 5.74) is 1.25. The van der Waals surface area contributed by atoms with Gasteiger partial charge in [-0.25, -0.2) is 4.98 Å². The quantitative estimate of drug-likeness (QED) is 0.697. The fourth-order valence-electron chi connectivity index (χ4n) is 1.56. The molecule has 0 spiro atoms. The van der Waals surface area contributed by atoms with E-state index in [9.17, 15) is 0 Å². The minimum absolute atomic E-state index is 0.550. The molecule has 0 saturated carbocycles. The molecule has 13 heavy (non-hydrogen) atoms. The van der Waals surface area contributed by atoms with E-state index in [2.05, 4.69) is 35.4 Å². The topological polar surface area (TPSA) is 24.9 Å². The van der Waals surface area contributed by atoms with E-state index in [-0.39, 0.29) is 0 Å². The second-order valence-corrected chi connectivity index (χ2v) is 3.50. The summed E-state index contributed by atoms with van der Waals surface area (Å²) in [4.78, 5) is 4.26. The predicted molar refractivity (Wildman–Crippen MR) is 54.8 cm³/mol. The molecular formula is C11H14N2. The number of aryl methyl sites for hydroxylation is 1. The van der Waals surface area contributed by atoms with Crippen molar-refractivity contribution < 1.29 is 0 Å². The molecular weight excluding hydrogens is 160 g/mol. The predicted octanol–water partition coefficient (Wildman–Crippen LogP) is 2.52. The molecule has 1 N–H and O–H groups in total. The first-order valence-electron chi connectivity index (χ1n) is 4.69. The molecule has 0 unspecified atom stereocenters. The van der Waals surface area contributed by atoms with Crippen molar-refractivity contribution in [2.45, 2.75) is 25.8 Å². The lowest BCUT2D eigenvalue weighted by molar-refractivity contribution is 0.781. The van der Waals surface area contributed by atoms with E-state index in [0.717, 1.165) is 18.7 Å². The maximum atomic E-state index is 4.26. The van der Waals surface area contributed by atoms with Gasteiger partial charge >= 0.3 is 0 Å². The summed E-state index contributed by atoms with van der Waals surface area (Å²) in [6.45, 7) is 2.08. The average molecular weight is 174 g/mol. The van der Waals surface area contributed by atoms with Gasteiger partial charge in [-0.1, -0.05) is 12.2 Å². The van der Waals surface area contributed by atoms with Gasteiger partial charge in [0.1, 0.15) is 5.82 Å². The van der Waals surface area contributed by atoms with Gasteiger partial charge in [0, 0.05) is 12.2 Å². The van der Waals surface area contributed by atoms with Crippen LogP contribution >= 0.6 is 0 Å². The highest BCUT2D eigenvalue weighted by Gasteiger charge is 2.09. The van der Waals surface area contributed by atoms with Crippen molar-refractivity contribution in [3.05, 3.63) is 36.0 Å². The van der Waals surface area contributed by atoms with E-state index in [4.69, 9.17) is 0 Å². The van der Waals surface area contributed by atoms with Gasteiger partial charge in [-0.3, -0.25) is 0 Å². The molecule has 0 aromatic carbocycles. The van der Waals surface area contributed by atoms with Gasteiger partial charge in [0.25, 0.3) is 0 Å². The van der Waals surface area contributed by atoms with Crippen molar-refractivity contribution >= 4 is 5.82 Å². The maximum absolute atomic E-state index is 4.26. The number of hydrogen-bond acceptors (Lipinski definition) is 2. The van der Waals surface area contributed by atoms with Gasteiger partial charge < -0.3 is 5.32 Å². The number of hydrogen-bond donors (Lipinski definition) is 1. The molecule has 2 rings (SSSR count). The van der Waals surface area contributed by atoms with Crippen LogP contribution in [0.15, 0.2) is 30.5 Å². The van der Waals surface area contributed by atoms with Crippen LogP contribution in [0.1, 0.15) is 18.4 Å². The third-order valence-corrected chi connectivity index (χ3v) is 2.28. The summed E-state index contributed by atoms with van der Waals surface area (Å²) >= 11 is 0. The van der Waals surface area contributed by atoms with Crippen molar-refractivity contribution in [3.63, 3.8) is 0 Å². The van der Waals surface area contributed by atoms with Gasteiger partial charge in [0.05, 0.1) is 0 Å². The van der Waals surface area contributed by atoms with Gasteiger partial charge in [-0.05, 0) is 37.5 Å². The first-order valence-corrected chi connectivity index (χ1v) is 4.69. The Bertz CT molecular complexity index is 310. The van der Waals surface area contributed by atoms with Crippen LogP contribution in [-0.2, 0) is 0 Å². The van der Waals surface area contributed by atoms with Crippen molar-refractivity contribution in [3.8, 4) is 0 Å². The Balaban J connectivity index is 2.01. The lowest BCUT2D eigenvalue weighted by Crippen LogP contribution is -2.15. The van der Waals surface area contributed by atoms with Gasteiger partial charge in [-0.15, -0.1) is 0 Å². The number of aromatic nitrogens is 1. The first-order chi connectivity index (χ1) is 6.34. The maximum Gasteiger partial charge on any atom is 0.126 e. The van der Waals surface area contributed by atoms with Crippen molar-refractivity contribution in [2.75, 3.05) is 5.32 Å². The third-order valence-electron chi connectivity index (χ3n) is 2.28. The molecule has 0 amide bonds. The molecule has 1 aliphatic rings. The zero-order valence-corrected chi connectivity index (χ0v) is 7.83. The van der Waals surface area contributed by atoms with E-state index in [1.54, 1.807) is 0 Å². The van der Waals surface area contributed by atoms with Crippen molar-refractivity contribution in [1.29, 1.82) is 0 Å². The zero-order chi connectivity index (χ0) is 9.10. The van der Waals surface area contributed by atoms with E-state index in [0.29, 0.717) is 6.04 Å². The number of nitrogens with zero attached hydrogens (tertiary/aromatic N) is 1. The van der Waals surface area contributed by atoms with E-state index in [1.165, 1.54) is 5.56 Å². The normalized spacial score (nSPS) is 16.4. The highest BCUT2D eigenvalue weighted by molar-refractivity contribution is 5.38. The second kappa shape index (κ2) is 3.60. The van der Waals surface area contributed by atoms with Gasteiger partial charge in [0.15, 0.2) is 0 Å². The third kappa shape index (κ3) is 2.08. The molecule has 0 fully saturated rings. The number of nitrogens with one attached hydrogen (secondary N) is 1. The van der Waals surface area contributed by atoms with Gasteiger partial charge in [0.2, 0.25) is 0 Å². The Morgan fingerprint density at radius 3 is 2.85 bits per heavy atom. The summed E-state index contributed by atoms with van der Waals surface area (Å²) in [6, 6.07) is 4.64. The minimum atomic E-state index is 0.550. The number of rotatable bonds is 2. The molecule has 0 atom stereocenters. The van der Waals surface area contributed by atoms with Crippen LogP contribution in [0, 0.1) is 6.92 Å². The Kier molecular flexibility index (Phi) is 2.30. The molecule has 0 aliphatic heterocycles. The zero-order valence-electron chi connectivity index (χ0n) is 7.83. The van der Waals surface area contributed by atoms with Crippen LogP contribution in [0.4, 0.5) is 5.82 Å². The Morgan fingerprint density at radius 2 is 2.15 bits per heavy atom. The van der Waals surface area contributed by atoms with Crippen molar-refractivity contribution in [2.24, 2.45) is 0 Å². The molecule has 1 aromatic heterocycles. The van der Waals surface area contributed by atoms with Crippen LogP contribution in [0.5, 0.6) is 0 Å². The molecule has 2 nitrogen and oxygen atoms in total. The molecule has 0 bridgehead atoms. The summed E-state index contributed by atoms with van der Waals surface area (Å²) in [5.74, 6) is 0.994. The van der Waals surface area contributed by atoms with Crippen LogP contribution < -0.4 is 5.32 Å². The van der Waals surface area contributed by atoms with Crippen molar-refractivity contribution in [1.82, 2.24) is 4.98 Å². The standard InChI is InChI=1S/C11H14N2/c1-9-6-7-12-11(8-9)13-10-4-2-3-5-10/h2-3,6-8,10H,4-5H2,1H3,(H,12,13). The number of pyridine rings is 1. The molecule has 0 radical (unpaired) electrons. The average Bonchev–Trinajstić information content (AvgIpc) is 2.57. The molecule has 2 heteroatoms. The summed E-state index contributed by atoms with van der Waals surface area (Å²) in [7, 11) is 0. The molecule has 68 valence electrons. The Morgan fingerprint density at radius 1 is 1.38 bits per heavy atom. The highest BCUT2D eigenvalue weighted by Crippen LogP contribution is 2.15. The smallest absolute Gasteiger partial charge is 0.126 e. The lowest BCUT2D eigenvalue weighted by Gasteiger charge is -2.12. The van der Waals surface area contributed by atoms with Crippen LogP contribution in [0.3, 0.4) is 0 Å². The molecule has 0 saturated heterocycles. The van der Waals surface area contributed by atoms with Crippen LogP contribution in [0.2, 0.25) is 0 Å². The van der Waals surface area contributed by atoms with Crippen LogP contribution in [0.25, 0.3) is 0 Å². The largest absolute Gasteiger partial charge is 0.367 e. The van der Waals surface area contributed by atoms with E-state index in [1.807, 2.05) is 12.3 Å². The summed E-state index contributed by atoms with van der Waals surface area (Å²) in [5, 5.41) is 3.41. The first kappa shape index (κ1) is 8.30. The molecule has 1 aliphatic carbocycles. The minimum Gasteiger partial charge on any atom is -0.367 e. The Hall–Kier alpha value is -1.31. The monoisotopic (exact) mass is 174 g/mol. The fourth-order valence-corrected chi connectivity index (χ4v) is 1.56. The van der Waals surface area contributed by atoms with Gasteiger partial charge in [-0.2, -0.15) is 0 Å². The van der Waals surface area contributed by atoms with E-state index >= 15 is 0 Å². The summed E-state index contributed by atoms with van der Waals surface area (Å²) < 4.78 is 0. The van der Waals surface area contributed by atoms with Crippen LogP contribution in [-0.4, -0.2) is 11.0 Å². The fraction of sp³-hybridized carbons (Fsp3) is 0.364. The Labute approximate surface area is 78.7 Å². The van der Waals surface area contributed by atoms with E-state index < -0.39 is 0 Å². The molecule has 1 heterocycles. The number of anilines is 1. The lowest BCUT2D eigenvalue weighted by atomic mass is 10.2. The highest BCUT2D eigenvalue weighted by atomic mass is 15.0. The summed E-state index contributed by atoms with van der Waals surface area (Å²) in [6.07, 6.45) is 8.52. The molecule has 1 aromatic rings. The second-order valence-electron chi connectivity index (χ2n) is 3.50. The SMILES string of the molecule is Cc1ccnc(NC2CC=CC2)c1.